The zero-order valence-electron chi connectivity index (χ0n) is 24.0. The summed E-state index contributed by atoms with van der Waals surface area (Å²) in [5.41, 5.74) is 2.44. The topological polar surface area (TPSA) is 127 Å². The SMILES string of the molecule is C=CCN(CC1=C(C(=O)OC)C[C@H]2CN(S(=O)(=O)c3ccc(C)cc3)CC2=C1C(=O)OC)S(=O)(=O)c1ccc(C)cc1. The van der Waals surface area contributed by atoms with Crippen molar-refractivity contribution in [2.24, 2.45) is 5.92 Å². The van der Waals surface area contributed by atoms with Crippen LogP contribution in [-0.2, 0) is 39.1 Å². The summed E-state index contributed by atoms with van der Waals surface area (Å²) in [5.74, 6) is -2.05. The minimum absolute atomic E-state index is 0.0103. The zero-order valence-corrected chi connectivity index (χ0v) is 25.6. The number of benzene rings is 2. The highest BCUT2D eigenvalue weighted by Gasteiger charge is 2.44. The second-order valence-corrected chi connectivity index (χ2v) is 14.1. The van der Waals surface area contributed by atoms with Crippen LogP contribution >= 0.6 is 0 Å². The van der Waals surface area contributed by atoms with Gasteiger partial charge in [-0.3, -0.25) is 0 Å². The van der Waals surface area contributed by atoms with Gasteiger partial charge in [-0.15, -0.1) is 6.58 Å². The molecule has 0 aromatic heterocycles. The maximum atomic E-state index is 13.7. The number of sulfonamides is 2. The van der Waals surface area contributed by atoms with Crippen molar-refractivity contribution >= 4 is 32.0 Å². The first-order valence-corrected chi connectivity index (χ1v) is 16.1. The van der Waals surface area contributed by atoms with Crippen LogP contribution < -0.4 is 0 Å². The van der Waals surface area contributed by atoms with Crippen LogP contribution in [0.5, 0.6) is 0 Å². The monoisotopic (exact) mass is 614 g/mol. The molecule has 1 fully saturated rings. The molecule has 0 saturated carbocycles. The number of nitrogens with zero attached hydrogens (tertiary/aromatic N) is 2. The van der Waals surface area contributed by atoms with Gasteiger partial charge in [-0.25, -0.2) is 26.4 Å². The van der Waals surface area contributed by atoms with Crippen molar-refractivity contribution in [3.63, 3.8) is 0 Å². The molecule has 1 saturated heterocycles. The molecule has 0 unspecified atom stereocenters. The first-order chi connectivity index (χ1) is 19.8. The van der Waals surface area contributed by atoms with E-state index in [1.807, 2.05) is 13.8 Å². The lowest BCUT2D eigenvalue weighted by molar-refractivity contribution is -0.136. The number of carbonyl (C=O) groups excluding carboxylic acids is 2. The van der Waals surface area contributed by atoms with Gasteiger partial charge in [-0.2, -0.15) is 8.61 Å². The van der Waals surface area contributed by atoms with E-state index in [4.69, 9.17) is 9.47 Å². The Kier molecular flexibility index (Phi) is 9.21. The predicted octanol–water partition coefficient (Wildman–Crippen LogP) is 3.14. The molecule has 2 aromatic rings. The van der Waals surface area contributed by atoms with Gasteiger partial charge in [0.1, 0.15) is 0 Å². The number of ether oxygens (including phenoxy) is 2. The molecule has 1 atom stereocenters. The molecule has 1 aliphatic carbocycles. The summed E-state index contributed by atoms with van der Waals surface area (Å²) in [7, 11) is -5.66. The van der Waals surface area contributed by atoms with Crippen molar-refractivity contribution < 1.29 is 35.9 Å². The highest BCUT2D eigenvalue weighted by atomic mass is 32.2. The molecule has 0 radical (unpaired) electrons. The Morgan fingerprint density at radius 3 is 2.00 bits per heavy atom. The van der Waals surface area contributed by atoms with Crippen LogP contribution in [0.3, 0.4) is 0 Å². The summed E-state index contributed by atoms with van der Waals surface area (Å²) in [6.07, 6.45) is 1.47. The molecule has 0 spiro atoms. The number of methoxy groups -OCH3 is 2. The van der Waals surface area contributed by atoms with Gasteiger partial charge in [-0.1, -0.05) is 41.5 Å². The van der Waals surface area contributed by atoms with Crippen LogP contribution in [0.15, 0.2) is 93.3 Å². The van der Waals surface area contributed by atoms with E-state index in [0.717, 1.165) is 15.4 Å². The Labute approximate surface area is 247 Å². The van der Waals surface area contributed by atoms with Gasteiger partial charge >= 0.3 is 11.9 Å². The average Bonchev–Trinajstić information content (AvgIpc) is 3.41. The second kappa shape index (κ2) is 12.3. The lowest BCUT2D eigenvalue weighted by Crippen LogP contribution is -2.36. The fourth-order valence-corrected chi connectivity index (χ4v) is 8.10. The Bertz CT molecular complexity index is 1670. The maximum Gasteiger partial charge on any atom is 0.338 e. The van der Waals surface area contributed by atoms with Gasteiger partial charge in [-0.05, 0) is 55.7 Å². The summed E-state index contributed by atoms with van der Waals surface area (Å²) in [4.78, 5) is 26.5. The van der Waals surface area contributed by atoms with Crippen molar-refractivity contribution in [3.8, 4) is 0 Å². The molecule has 10 nitrogen and oxygen atoms in total. The lowest BCUT2D eigenvalue weighted by Gasteiger charge is -2.29. The minimum Gasteiger partial charge on any atom is -0.466 e. The molecule has 0 N–H and O–H groups in total. The Morgan fingerprint density at radius 2 is 1.48 bits per heavy atom. The van der Waals surface area contributed by atoms with E-state index in [-0.39, 0.29) is 59.1 Å². The highest BCUT2D eigenvalue weighted by Crippen LogP contribution is 2.42. The summed E-state index contributed by atoms with van der Waals surface area (Å²) >= 11 is 0. The third-order valence-electron chi connectivity index (χ3n) is 7.51. The molecule has 42 heavy (non-hydrogen) atoms. The van der Waals surface area contributed by atoms with Gasteiger partial charge in [0, 0.05) is 37.7 Å². The minimum atomic E-state index is -4.09. The molecule has 4 rings (SSSR count). The van der Waals surface area contributed by atoms with Crippen molar-refractivity contribution in [2.75, 3.05) is 40.4 Å². The van der Waals surface area contributed by atoms with E-state index < -0.39 is 37.9 Å². The van der Waals surface area contributed by atoms with Crippen LogP contribution in [0.4, 0.5) is 0 Å². The number of rotatable bonds is 10. The quantitative estimate of drug-likeness (QED) is 0.295. The molecule has 1 aliphatic heterocycles. The largest absolute Gasteiger partial charge is 0.466 e. The van der Waals surface area contributed by atoms with E-state index in [1.165, 1.54) is 48.9 Å². The van der Waals surface area contributed by atoms with E-state index >= 15 is 0 Å². The Balaban J connectivity index is 1.82. The number of fused-ring (bicyclic) bond motifs is 1. The average molecular weight is 615 g/mol. The van der Waals surface area contributed by atoms with Crippen molar-refractivity contribution in [1.82, 2.24) is 8.61 Å². The molecular formula is C30H34N2O8S2. The van der Waals surface area contributed by atoms with Crippen LogP contribution in [0.25, 0.3) is 0 Å². The van der Waals surface area contributed by atoms with Gasteiger partial charge in [0.2, 0.25) is 20.0 Å². The van der Waals surface area contributed by atoms with Crippen molar-refractivity contribution in [1.29, 1.82) is 0 Å². The molecule has 2 aromatic carbocycles. The number of esters is 2. The van der Waals surface area contributed by atoms with Gasteiger partial charge in [0.05, 0.1) is 29.6 Å². The van der Waals surface area contributed by atoms with Gasteiger partial charge < -0.3 is 9.47 Å². The van der Waals surface area contributed by atoms with Crippen molar-refractivity contribution in [3.05, 3.63) is 94.6 Å². The number of aryl methyl sites for hydroxylation is 2. The van der Waals surface area contributed by atoms with E-state index in [2.05, 4.69) is 6.58 Å². The summed E-state index contributed by atoms with van der Waals surface area (Å²) in [6.45, 7) is 6.81. The molecule has 224 valence electrons. The van der Waals surface area contributed by atoms with E-state index in [1.54, 1.807) is 24.3 Å². The molecule has 1 heterocycles. The number of carbonyl (C=O) groups is 2. The van der Waals surface area contributed by atoms with Gasteiger partial charge in [0.15, 0.2) is 0 Å². The third kappa shape index (κ3) is 5.98. The first kappa shape index (κ1) is 31.4. The Morgan fingerprint density at radius 1 is 0.929 bits per heavy atom. The fourth-order valence-electron chi connectivity index (χ4n) is 5.26. The predicted molar refractivity (Wildman–Crippen MR) is 156 cm³/mol. The third-order valence-corrected chi connectivity index (χ3v) is 11.2. The molecule has 0 bridgehead atoms. The summed E-state index contributed by atoms with van der Waals surface area (Å²) in [5, 5.41) is 0. The molecule has 0 amide bonds. The smallest absolute Gasteiger partial charge is 0.338 e. The number of hydrogen-bond acceptors (Lipinski definition) is 8. The van der Waals surface area contributed by atoms with E-state index in [9.17, 15) is 26.4 Å². The van der Waals surface area contributed by atoms with Crippen LogP contribution in [0.2, 0.25) is 0 Å². The van der Waals surface area contributed by atoms with Crippen LogP contribution in [0.1, 0.15) is 17.5 Å². The standard InChI is InChI=1S/C30H34N2O8S2/c1-6-15-31(41(35,36)23-11-7-20(2)8-12-23)19-27-25(29(33)39-4)16-22-17-32(18-26(22)28(27)30(34)40-5)42(37,38)24-13-9-21(3)10-14-24/h6-14,22H,1,15-19H2,2-5H3/t22-/m0/s1. The van der Waals surface area contributed by atoms with Crippen molar-refractivity contribution in [2.45, 2.75) is 30.1 Å². The molecule has 2 aliphatic rings. The summed E-state index contributed by atoms with van der Waals surface area (Å²) in [6, 6.07) is 12.8. The first-order valence-electron chi connectivity index (χ1n) is 13.2. The summed E-state index contributed by atoms with van der Waals surface area (Å²) < 4.78 is 67.0. The lowest BCUT2D eigenvalue weighted by atomic mass is 9.79. The molecular weight excluding hydrogens is 580 g/mol. The second-order valence-electron chi connectivity index (χ2n) is 10.3. The normalized spacial score (nSPS) is 17.8. The van der Waals surface area contributed by atoms with Gasteiger partial charge in [0.25, 0.3) is 0 Å². The fraction of sp³-hybridized carbons (Fsp3) is 0.333. The van der Waals surface area contributed by atoms with Crippen LogP contribution in [0, 0.1) is 19.8 Å². The van der Waals surface area contributed by atoms with E-state index in [0.29, 0.717) is 5.57 Å². The zero-order chi connectivity index (χ0) is 30.8. The molecule has 12 heteroatoms. The number of hydrogen-bond donors (Lipinski definition) is 0. The maximum absolute atomic E-state index is 13.7. The highest BCUT2D eigenvalue weighted by molar-refractivity contribution is 7.89. The van der Waals surface area contributed by atoms with Crippen LogP contribution in [-0.4, -0.2) is 77.8 Å². The Hall–Kier alpha value is -3.58.